The van der Waals surface area contributed by atoms with Crippen LogP contribution in [0.25, 0.3) is 11.6 Å². The molecule has 0 radical (unpaired) electrons. The van der Waals surface area contributed by atoms with Crippen molar-refractivity contribution in [1.82, 2.24) is 14.5 Å². The quantitative estimate of drug-likeness (QED) is 0.175. The summed E-state index contributed by atoms with van der Waals surface area (Å²) in [4.78, 5) is 47.0. The smallest absolute Gasteiger partial charge is 0.329 e. The highest BCUT2D eigenvalue weighted by Crippen LogP contribution is 2.17. The number of rotatable bonds is 16. The molecule has 2 aliphatic rings. The van der Waals surface area contributed by atoms with Crippen molar-refractivity contribution in [2.24, 2.45) is 7.05 Å². The Bertz CT molecular complexity index is 1060. The first-order valence-corrected chi connectivity index (χ1v) is 12.1. The minimum absolute atomic E-state index is 0.0866. The van der Waals surface area contributed by atoms with E-state index in [1.807, 2.05) is 6.08 Å². The Kier molecular flexibility index (Phi) is 10.9. The molecule has 1 saturated heterocycles. The van der Waals surface area contributed by atoms with Gasteiger partial charge in [0.2, 0.25) is 11.8 Å². The number of nitrogens with zero attached hydrogens (tertiary/aromatic N) is 2. The third kappa shape index (κ3) is 7.44. The van der Waals surface area contributed by atoms with Gasteiger partial charge in [-0.15, -0.1) is 0 Å². The van der Waals surface area contributed by atoms with Crippen molar-refractivity contribution in [2.75, 3.05) is 52.9 Å². The van der Waals surface area contributed by atoms with E-state index < -0.39 is 11.9 Å². The molecule has 0 saturated carbocycles. The van der Waals surface area contributed by atoms with E-state index in [1.54, 1.807) is 16.2 Å². The Morgan fingerprint density at radius 1 is 0.971 bits per heavy atom. The lowest BCUT2D eigenvalue weighted by molar-refractivity contribution is -0.135. The number of fused-ring (bicyclic) bond motifs is 1. The molecule has 1 aliphatic carbocycles. The van der Waals surface area contributed by atoms with Crippen molar-refractivity contribution < 1.29 is 33.3 Å². The Hall–Kier alpha value is -2.60. The molecule has 194 valence electrons. The molecule has 1 fully saturated rings. The van der Waals surface area contributed by atoms with E-state index in [2.05, 4.69) is 5.32 Å². The topological polar surface area (TPSA) is 127 Å². The Morgan fingerprint density at radius 2 is 1.63 bits per heavy atom. The number of aldehydes is 1. The number of carbonyl (C=O) groups is 3. The fraction of sp³-hybridized carbons (Fsp3) is 0.667. The number of piperidine rings is 1. The fourth-order valence-corrected chi connectivity index (χ4v) is 4.41. The molecule has 1 aliphatic heterocycles. The van der Waals surface area contributed by atoms with Crippen LogP contribution in [0.2, 0.25) is 0 Å². The van der Waals surface area contributed by atoms with Crippen LogP contribution in [-0.2, 0) is 40.4 Å². The highest BCUT2D eigenvalue weighted by atomic mass is 16.6. The molecule has 35 heavy (non-hydrogen) atoms. The average molecular weight is 494 g/mol. The predicted molar refractivity (Wildman–Crippen MR) is 126 cm³/mol. The SMILES string of the molecule is Cn1c2c(n(C3CCC(=O)NC3=O)c1=O)=CCCC=2CCCOCCOCCOCCOCC=O. The number of hydrogen-bond donors (Lipinski definition) is 1. The molecule has 1 N–H and O–H groups in total. The van der Waals surface area contributed by atoms with Crippen LogP contribution >= 0.6 is 0 Å². The van der Waals surface area contributed by atoms with Crippen LogP contribution in [0.4, 0.5) is 0 Å². The van der Waals surface area contributed by atoms with Crippen LogP contribution in [-0.4, -0.2) is 80.1 Å². The molecule has 0 bridgehead atoms. The lowest BCUT2D eigenvalue weighted by atomic mass is 10.00. The van der Waals surface area contributed by atoms with Gasteiger partial charge in [-0.05, 0) is 37.7 Å². The number of aromatic nitrogens is 2. The summed E-state index contributed by atoms with van der Waals surface area (Å²) in [5.41, 5.74) is 0.952. The maximum absolute atomic E-state index is 13.0. The molecule has 1 aromatic heterocycles. The summed E-state index contributed by atoms with van der Waals surface area (Å²) in [6.45, 7) is 3.36. The van der Waals surface area contributed by atoms with Crippen molar-refractivity contribution in [2.45, 2.75) is 44.6 Å². The first kappa shape index (κ1) is 27.0. The molecular weight excluding hydrogens is 458 g/mol. The zero-order chi connectivity index (χ0) is 25.0. The second kappa shape index (κ2) is 14.1. The van der Waals surface area contributed by atoms with Gasteiger partial charge in [0.25, 0.3) is 0 Å². The van der Waals surface area contributed by atoms with Gasteiger partial charge in [0.15, 0.2) is 0 Å². The van der Waals surface area contributed by atoms with Gasteiger partial charge in [-0.25, -0.2) is 4.79 Å². The van der Waals surface area contributed by atoms with Gasteiger partial charge in [-0.3, -0.25) is 24.0 Å². The van der Waals surface area contributed by atoms with E-state index in [0.717, 1.165) is 36.4 Å². The highest BCUT2D eigenvalue weighted by Gasteiger charge is 2.31. The molecular formula is C24H35N3O8. The molecule has 11 heteroatoms. The number of nitrogens with one attached hydrogen (secondary N) is 1. The highest BCUT2D eigenvalue weighted by molar-refractivity contribution is 5.99. The van der Waals surface area contributed by atoms with Gasteiger partial charge in [0, 0.05) is 20.1 Å². The average Bonchev–Trinajstić information content (AvgIpc) is 3.10. The Morgan fingerprint density at radius 3 is 2.29 bits per heavy atom. The minimum Gasteiger partial charge on any atom is -0.379 e. The molecule has 0 aromatic carbocycles. The van der Waals surface area contributed by atoms with Crippen LogP contribution in [0.1, 0.15) is 44.6 Å². The van der Waals surface area contributed by atoms with Gasteiger partial charge in [0.05, 0.1) is 50.3 Å². The maximum atomic E-state index is 13.0. The summed E-state index contributed by atoms with van der Waals surface area (Å²) in [5, 5.41) is 4.01. The lowest BCUT2D eigenvalue weighted by Gasteiger charge is -2.22. The van der Waals surface area contributed by atoms with Gasteiger partial charge in [0.1, 0.15) is 18.9 Å². The largest absolute Gasteiger partial charge is 0.379 e. The lowest BCUT2D eigenvalue weighted by Crippen LogP contribution is -2.48. The number of ether oxygens (including phenoxy) is 4. The summed E-state index contributed by atoms with van der Waals surface area (Å²) < 4.78 is 24.6. The molecule has 2 heterocycles. The fourth-order valence-electron chi connectivity index (χ4n) is 4.41. The summed E-state index contributed by atoms with van der Waals surface area (Å²) in [7, 11) is 1.73. The number of hydrogen-bond acceptors (Lipinski definition) is 8. The van der Waals surface area contributed by atoms with E-state index in [1.165, 1.54) is 5.57 Å². The summed E-state index contributed by atoms with van der Waals surface area (Å²) >= 11 is 0. The van der Waals surface area contributed by atoms with Gasteiger partial charge >= 0.3 is 5.69 Å². The first-order chi connectivity index (χ1) is 17.0. The van der Waals surface area contributed by atoms with Crippen molar-refractivity contribution in [3.05, 3.63) is 21.2 Å². The van der Waals surface area contributed by atoms with E-state index in [4.69, 9.17) is 18.9 Å². The van der Waals surface area contributed by atoms with Gasteiger partial charge in [-0.1, -0.05) is 6.08 Å². The van der Waals surface area contributed by atoms with Crippen LogP contribution in [0.3, 0.4) is 0 Å². The summed E-state index contributed by atoms with van der Waals surface area (Å²) in [6.07, 6.45) is 6.57. The predicted octanol–water partition coefficient (Wildman–Crippen LogP) is -1.06. The molecule has 1 unspecified atom stereocenters. The maximum Gasteiger partial charge on any atom is 0.329 e. The van der Waals surface area contributed by atoms with E-state index >= 15 is 0 Å². The molecule has 3 rings (SSSR count). The third-order valence-corrected chi connectivity index (χ3v) is 6.04. The Labute approximate surface area is 203 Å². The van der Waals surface area contributed by atoms with Crippen LogP contribution < -0.4 is 21.7 Å². The van der Waals surface area contributed by atoms with Crippen molar-refractivity contribution >= 4 is 29.7 Å². The third-order valence-electron chi connectivity index (χ3n) is 6.04. The monoisotopic (exact) mass is 493 g/mol. The number of amides is 2. The second-order valence-corrected chi connectivity index (χ2v) is 8.44. The van der Waals surface area contributed by atoms with E-state index in [0.29, 0.717) is 59.0 Å². The second-order valence-electron chi connectivity index (χ2n) is 8.44. The summed E-state index contributed by atoms with van der Waals surface area (Å²) in [6, 6.07) is -0.657. The van der Waals surface area contributed by atoms with Crippen molar-refractivity contribution in [3.63, 3.8) is 0 Å². The van der Waals surface area contributed by atoms with Crippen LogP contribution in [0.5, 0.6) is 0 Å². The van der Waals surface area contributed by atoms with Crippen molar-refractivity contribution in [1.29, 1.82) is 0 Å². The molecule has 11 nitrogen and oxygen atoms in total. The molecule has 2 amide bonds. The zero-order valence-electron chi connectivity index (χ0n) is 20.3. The molecule has 1 atom stereocenters. The van der Waals surface area contributed by atoms with Gasteiger partial charge in [-0.2, -0.15) is 0 Å². The zero-order valence-corrected chi connectivity index (χ0v) is 20.3. The number of carbonyl (C=O) groups excluding carboxylic acids is 3. The first-order valence-electron chi connectivity index (χ1n) is 12.1. The number of imide groups is 1. The summed E-state index contributed by atoms with van der Waals surface area (Å²) in [5.74, 6) is -0.709. The van der Waals surface area contributed by atoms with E-state index in [9.17, 15) is 19.2 Å². The Balaban J connectivity index is 1.42. The standard InChI is InChI=1S/C24H35N3O8/c1-26-22-18(5-3-10-32-12-14-34-16-17-35-15-13-33-11-9-28)4-2-6-19(22)27(24(26)31)20-7-8-21(29)25-23(20)30/h6,9,20H,2-5,7-8,10-17H2,1H3,(H,25,29,30). The van der Waals surface area contributed by atoms with Crippen molar-refractivity contribution in [3.8, 4) is 0 Å². The van der Waals surface area contributed by atoms with Gasteiger partial charge < -0.3 is 23.7 Å². The van der Waals surface area contributed by atoms with Crippen LogP contribution in [0.15, 0.2) is 4.79 Å². The van der Waals surface area contributed by atoms with E-state index in [-0.39, 0.29) is 24.6 Å². The minimum atomic E-state index is -0.657. The van der Waals surface area contributed by atoms with Crippen LogP contribution in [0, 0.1) is 0 Å². The normalized spacial score (nSPS) is 17.7. The molecule has 1 aromatic rings. The molecule has 0 spiro atoms. The number of imidazole rings is 1.